The maximum absolute atomic E-state index is 13.8. The molecule has 33 heavy (non-hydrogen) atoms. The maximum atomic E-state index is 13.8. The molecule has 1 aromatic carbocycles. The van der Waals surface area contributed by atoms with Gasteiger partial charge in [-0.15, -0.1) is 0 Å². The number of nitrogens with zero attached hydrogens (tertiary/aromatic N) is 3. The minimum atomic E-state index is -1.04. The van der Waals surface area contributed by atoms with E-state index in [4.69, 9.17) is 16.7 Å². The molecular weight excluding hydrogens is 436 g/mol. The lowest BCUT2D eigenvalue weighted by Crippen LogP contribution is -2.64. The summed E-state index contributed by atoms with van der Waals surface area (Å²) >= 11 is 6.45. The second kappa shape index (κ2) is 9.13. The predicted molar refractivity (Wildman–Crippen MR) is 128 cm³/mol. The molecule has 0 bridgehead atoms. The third-order valence-corrected chi connectivity index (χ3v) is 7.90. The summed E-state index contributed by atoms with van der Waals surface area (Å²) in [5.41, 5.74) is 1.34. The van der Waals surface area contributed by atoms with Crippen LogP contribution in [0.1, 0.15) is 92.4 Å². The van der Waals surface area contributed by atoms with E-state index >= 15 is 0 Å². The minimum absolute atomic E-state index is 0.0948. The van der Waals surface area contributed by atoms with E-state index in [1.165, 1.54) is 19.3 Å². The number of carbonyl (C=O) groups excluding carboxylic acids is 2. The van der Waals surface area contributed by atoms with E-state index < -0.39 is 5.54 Å². The zero-order valence-corrected chi connectivity index (χ0v) is 20.1. The lowest BCUT2D eigenvalue weighted by atomic mass is 9.91. The average molecular weight is 469 g/mol. The van der Waals surface area contributed by atoms with E-state index in [0.29, 0.717) is 23.2 Å². The van der Waals surface area contributed by atoms with Gasteiger partial charge in [0, 0.05) is 23.5 Å². The monoisotopic (exact) mass is 468 g/mol. The van der Waals surface area contributed by atoms with E-state index in [0.717, 1.165) is 49.8 Å². The van der Waals surface area contributed by atoms with E-state index in [1.807, 2.05) is 37.3 Å². The SMILES string of the molecule is C[C@]1(C(=O)NC2CCCCCCC2)Cn2nc(C3CC3)cc2C(=O)N1Cc1ccccc1Cl. The Kier molecular flexibility index (Phi) is 6.21. The van der Waals surface area contributed by atoms with Crippen LogP contribution in [0.4, 0.5) is 0 Å². The Morgan fingerprint density at radius 1 is 1.12 bits per heavy atom. The molecule has 2 aromatic rings. The Morgan fingerprint density at radius 2 is 1.82 bits per heavy atom. The normalized spacial score (nSPS) is 24.2. The number of hydrogen-bond acceptors (Lipinski definition) is 3. The average Bonchev–Trinajstić information content (AvgIpc) is 3.54. The first-order chi connectivity index (χ1) is 16.0. The molecule has 3 aliphatic rings. The number of rotatable bonds is 5. The molecule has 1 N–H and O–H groups in total. The molecule has 5 rings (SSSR count). The highest BCUT2D eigenvalue weighted by Gasteiger charge is 2.49. The van der Waals surface area contributed by atoms with Gasteiger partial charge in [-0.2, -0.15) is 5.10 Å². The Hall–Kier alpha value is -2.34. The maximum Gasteiger partial charge on any atom is 0.273 e. The summed E-state index contributed by atoms with van der Waals surface area (Å²) in [6, 6.07) is 9.62. The van der Waals surface area contributed by atoms with E-state index in [9.17, 15) is 9.59 Å². The smallest absolute Gasteiger partial charge is 0.273 e. The van der Waals surface area contributed by atoms with Crippen LogP contribution in [0.2, 0.25) is 5.02 Å². The number of carbonyl (C=O) groups is 2. The van der Waals surface area contributed by atoms with Crippen molar-refractivity contribution in [3.05, 3.63) is 52.3 Å². The quantitative estimate of drug-likeness (QED) is 0.667. The van der Waals surface area contributed by atoms with Crippen molar-refractivity contribution in [1.82, 2.24) is 20.0 Å². The van der Waals surface area contributed by atoms with Crippen LogP contribution in [0, 0.1) is 0 Å². The number of halogens is 1. The van der Waals surface area contributed by atoms with Crippen LogP contribution in [-0.2, 0) is 17.9 Å². The predicted octanol–water partition coefficient (Wildman–Crippen LogP) is 5.06. The summed E-state index contributed by atoms with van der Waals surface area (Å²) in [5.74, 6) is 0.196. The second-order valence-corrected chi connectivity index (χ2v) is 10.6. The number of hydrogen-bond donors (Lipinski definition) is 1. The van der Waals surface area contributed by atoms with Gasteiger partial charge in [0.2, 0.25) is 5.91 Å². The summed E-state index contributed by atoms with van der Waals surface area (Å²) in [7, 11) is 0. The molecule has 2 saturated carbocycles. The highest BCUT2D eigenvalue weighted by Crippen LogP contribution is 2.41. The molecule has 2 fully saturated rings. The highest BCUT2D eigenvalue weighted by atomic mass is 35.5. The van der Waals surface area contributed by atoms with Crippen molar-refractivity contribution in [2.45, 2.75) is 95.3 Å². The number of fused-ring (bicyclic) bond motifs is 1. The molecular formula is C26H33ClN4O2. The number of nitrogens with one attached hydrogen (secondary N) is 1. The van der Waals surface area contributed by atoms with Gasteiger partial charge in [0.25, 0.3) is 5.91 Å². The molecule has 1 aromatic heterocycles. The fourth-order valence-electron chi connectivity index (χ4n) is 5.23. The first-order valence-corrected chi connectivity index (χ1v) is 12.8. The zero-order chi connectivity index (χ0) is 23.0. The van der Waals surface area contributed by atoms with Crippen molar-refractivity contribution in [3.63, 3.8) is 0 Å². The van der Waals surface area contributed by atoms with E-state index in [2.05, 4.69) is 5.32 Å². The number of benzene rings is 1. The lowest BCUT2D eigenvalue weighted by molar-refractivity contribution is -0.134. The third kappa shape index (κ3) is 4.54. The first-order valence-electron chi connectivity index (χ1n) is 12.4. The van der Waals surface area contributed by atoms with Gasteiger partial charge in [-0.1, -0.05) is 61.9 Å². The molecule has 1 atom stereocenters. The summed E-state index contributed by atoms with van der Waals surface area (Å²) in [6.45, 7) is 2.52. The number of amides is 2. The highest BCUT2D eigenvalue weighted by molar-refractivity contribution is 6.31. The van der Waals surface area contributed by atoms with Gasteiger partial charge in [0.05, 0.1) is 12.2 Å². The van der Waals surface area contributed by atoms with Crippen molar-refractivity contribution in [1.29, 1.82) is 0 Å². The number of aromatic nitrogens is 2. The van der Waals surface area contributed by atoms with Gasteiger partial charge in [-0.3, -0.25) is 14.3 Å². The molecule has 0 unspecified atom stereocenters. The molecule has 7 heteroatoms. The van der Waals surface area contributed by atoms with E-state index in [1.54, 1.807) is 9.58 Å². The molecule has 0 saturated heterocycles. The fourth-order valence-corrected chi connectivity index (χ4v) is 5.42. The summed E-state index contributed by atoms with van der Waals surface area (Å²) < 4.78 is 1.76. The molecule has 2 heterocycles. The van der Waals surface area contributed by atoms with Crippen molar-refractivity contribution in [3.8, 4) is 0 Å². The molecule has 1 aliphatic heterocycles. The van der Waals surface area contributed by atoms with Gasteiger partial charge < -0.3 is 10.2 Å². The van der Waals surface area contributed by atoms with Gasteiger partial charge in [0.15, 0.2) is 0 Å². The van der Waals surface area contributed by atoms with Crippen LogP contribution >= 0.6 is 11.6 Å². The van der Waals surface area contributed by atoms with Gasteiger partial charge in [0.1, 0.15) is 11.2 Å². The Balaban J connectivity index is 1.46. The summed E-state index contributed by atoms with van der Waals surface area (Å²) in [4.78, 5) is 29.3. The van der Waals surface area contributed by atoms with Crippen LogP contribution in [0.25, 0.3) is 0 Å². The molecule has 0 radical (unpaired) electrons. The molecule has 176 valence electrons. The Bertz CT molecular complexity index is 1040. The van der Waals surface area contributed by atoms with Crippen molar-refractivity contribution < 1.29 is 9.59 Å². The van der Waals surface area contributed by atoms with Crippen molar-refractivity contribution in [2.75, 3.05) is 0 Å². The van der Waals surface area contributed by atoms with Crippen LogP contribution in [0.5, 0.6) is 0 Å². The summed E-state index contributed by atoms with van der Waals surface area (Å²) in [5, 5.41) is 8.65. The van der Waals surface area contributed by atoms with E-state index in [-0.39, 0.29) is 24.4 Å². The second-order valence-electron chi connectivity index (χ2n) is 10.2. The largest absolute Gasteiger partial charge is 0.351 e. The third-order valence-electron chi connectivity index (χ3n) is 7.53. The van der Waals surface area contributed by atoms with Gasteiger partial charge >= 0.3 is 0 Å². The van der Waals surface area contributed by atoms with Crippen LogP contribution in [0.3, 0.4) is 0 Å². The van der Waals surface area contributed by atoms with Crippen LogP contribution < -0.4 is 5.32 Å². The minimum Gasteiger partial charge on any atom is -0.351 e. The molecule has 2 amide bonds. The Labute approximate surface area is 200 Å². The van der Waals surface area contributed by atoms with Crippen LogP contribution in [-0.4, -0.2) is 38.1 Å². The Morgan fingerprint density at radius 3 is 2.52 bits per heavy atom. The molecule has 0 spiro atoms. The van der Waals surface area contributed by atoms with Crippen molar-refractivity contribution >= 4 is 23.4 Å². The molecule has 6 nitrogen and oxygen atoms in total. The van der Waals surface area contributed by atoms with Crippen molar-refractivity contribution in [2.24, 2.45) is 0 Å². The fraction of sp³-hybridized carbons (Fsp3) is 0.577. The summed E-state index contributed by atoms with van der Waals surface area (Å²) in [6.07, 6.45) is 10.2. The molecule has 2 aliphatic carbocycles. The topological polar surface area (TPSA) is 67.2 Å². The standard InChI is InChI=1S/C26H33ClN4O2/c1-26(25(33)28-20-10-5-3-2-4-6-11-20)17-31-23(15-22(29-31)18-13-14-18)24(32)30(26)16-19-9-7-8-12-21(19)27/h7-9,12,15,18,20H,2-6,10-11,13-14,16-17H2,1H3,(H,28,33)/t26-/m1/s1. The first kappa shape index (κ1) is 22.5. The van der Waals surface area contributed by atoms with Gasteiger partial charge in [-0.05, 0) is 50.3 Å². The zero-order valence-electron chi connectivity index (χ0n) is 19.4. The van der Waals surface area contributed by atoms with Crippen LogP contribution in [0.15, 0.2) is 30.3 Å². The van der Waals surface area contributed by atoms with Gasteiger partial charge in [-0.25, -0.2) is 0 Å². The lowest BCUT2D eigenvalue weighted by Gasteiger charge is -2.44.